The molecular weight excluding hydrogens is 250 g/mol. The Morgan fingerprint density at radius 2 is 2.24 bits per heavy atom. The molecule has 1 N–H and O–H groups in total. The SMILES string of the molecule is CCCc1cc(C(=O)NCC(F)F)cc(Cl)n1. The number of alkyl halides is 2. The van der Waals surface area contributed by atoms with Gasteiger partial charge in [-0.25, -0.2) is 13.8 Å². The number of nitrogens with one attached hydrogen (secondary N) is 1. The number of hydrogen-bond acceptors (Lipinski definition) is 2. The van der Waals surface area contributed by atoms with Crippen LogP contribution in [0.5, 0.6) is 0 Å². The summed E-state index contributed by atoms with van der Waals surface area (Å²) in [6, 6.07) is 2.93. The number of aromatic nitrogens is 1. The highest BCUT2D eigenvalue weighted by atomic mass is 35.5. The first-order valence-electron chi connectivity index (χ1n) is 5.25. The number of nitrogens with zero attached hydrogens (tertiary/aromatic N) is 1. The summed E-state index contributed by atoms with van der Waals surface area (Å²) in [6.45, 7) is 1.31. The van der Waals surface area contributed by atoms with Crippen molar-refractivity contribution in [3.8, 4) is 0 Å². The third kappa shape index (κ3) is 4.65. The van der Waals surface area contributed by atoms with Crippen molar-refractivity contribution in [1.82, 2.24) is 10.3 Å². The molecule has 0 aliphatic carbocycles. The summed E-state index contributed by atoms with van der Waals surface area (Å²) >= 11 is 5.75. The van der Waals surface area contributed by atoms with Crippen molar-refractivity contribution < 1.29 is 13.6 Å². The lowest BCUT2D eigenvalue weighted by molar-refractivity contribution is 0.0891. The Morgan fingerprint density at radius 3 is 2.82 bits per heavy atom. The number of amides is 1. The van der Waals surface area contributed by atoms with E-state index in [9.17, 15) is 13.6 Å². The molecule has 0 aromatic carbocycles. The summed E-state index contributed by atoms with van der Waals surface area (Å²) in [5.41, 5.74) is 0.941. The van der Waals surface area contributed by atoms with Crippen LogP contribution < -0.4 is 5.32 Å². The van der Waals surface area contributed by atoms with E-state index in [2.05, 4.69) is 10.3 Å². The fourth-order valence-corrected chi connectivity index (χ4v) is 1.56. The molecule has 0 bridgehead atoms. The van der Waals surface area contributed by atoms with E-state index in [1.54, 1.807) is 6.07 Å². The van der Waals surface area contributed by atoms with Gasteiger partial charge in [0, 0.05) is 11.3 Å². The molecule has 17 heavy (non-hydrogen) atoms. The van der Waals surface area contributed by atoms with Crippen molar-refractivity contribution in [1.29, 1.82) is 0 Å². The standard InChI is InChI=1S/C11H13ClF2N2O/c1-2-3-8-4-7(5-9(12)16-8)11(17)15-6-10(13)14/h4-5,10H,2-3,6H2,1H3,(H,15,17). The number of aryl methyl sites for hydroxylation is 1. The highest BCUT2D eigenvalue weighted by Crippen LogP contribution is 2.12. The molecule has 0 saturated heterocycles. The Balaban J connectivity index is 2.78. The number of carbonyl (C=O) groups excluding carboxylic acids is 1. The molecule has 3 nitrogen and oxygen atoms in total. The van der Waals surface area contributed by atoms with Crippen LogP contribution in [0.2, 0.25) is 5.15 Å². The first-order valence-corrected chi connectivity index (χ1v) is 5.63. The van der Waals surface area contributed by atoms with Crippen LogP contribution in [0.4, 0.5) is 8.78 Å². The van der Waals surface area contributed by atoms with E-state index < -0.39 is 18.9 Å². The maximum atomic E-state index is 11.9. The number of carbonyl (C=O) groups is 1. The van der Waals surface area contributed by atoms with E-state index in [-0.39, 0.29) is 10.7 Å². The van der Waals surface area contributed by atoms with Gasteiger partial charge in [-0.1, -0.05) is 24.9 Å². The third-order valence-electron chi connectivity index (χ3n) is 2.03. The van der Waals surface area contributed by atoms with Crippen molar-refractivity contribution in [2.24, 2.45) is 0 Å². The predicted molar refractivity (Wildman–Crippen MR) is 61.6 cm³/mol. The molecule has 94 valence electrons. The Kier molecular flexibility index (Phi) is 5.28. The maximum Gasteiger partial charge on any atom is 0.255 e. The average molecular weight is 263 g/mol. The van der Waals surface area contributed by atoms with E-state index in [4.69, 9.17) is 11.6 Å². The number of hydrogen-bond donors (Lipinski definition) is 1. The molecule has 1 rings (SSSR count). The van der Waals surface area contributed by atoms with Crippen LogP contribution in [0, 0.1) is 0 Å². The molecule has 0 aliphatic heterocycles. The minimum atomic E-state index is -2.56. The van der Waals surface area contributed by atoms with Crippen molar-refractivity contribution in [3.63, 3.8) is 0 Å². The zero-order valence-electron chi connectivity index (χ0n) is 9.34. The lowest BCUT2D eigenvalue weighted by atomic mass is 10.1. The first kappa shape index (κ1) is 13.8. The Labute approximate surface area is 103 Å². The number of halogens is 3. The van der Waals surface area contributed by atoms with Crippen LogP contribution in [-0.2, 0) is 6.42 Å². The van der Waals surface area contributed by atoms with Gasteiger partial charge in [0.25, 0.3) is 12.3 Å². The first-order chi connectivity index (χ1) is 8.02. The molecule has 1 amide bonds. The van der Waals surface area contributed by atoms with Gasteiger partial charge >= 0.3 is 0 Å². The minimum Gasteiger partial charge on any atom is -0.346 e. The Hall–Kier alpha value is -1.23. The molecule has 1 heterocycles. The summed E-state index contributed by atoms with van der Waals surface area (Å²) in [5, 5.41) is 2.31. The summed E-state index contributed by atoms with van der Waals surface area (Å²) in [7, 11) is 0. The quantitative estimate of drug-likeness (QED) is 0.829. The second-order valence-corrected chi connectivity index (χ2v) is 3.91. The average Bonchev–Trinajstić information content (AvgIpc) is 2.25. The van der Waals surface area contributed by atoms with E-state index in [0.29, 0.717) is 12.1 Å². The van der Waals surface area contributed by atoms with Gasteiger partial charge in [0.05, 0.1) is 6.54 Å². The van der Waals surface area contributed by atoms with E-state index in [0.717, 1.165) is 6.42 Å². The molecule has 6 heteroatoms. The van der Waals surface area contributed by atoms with Crippen LogP contribution in [-0.4, -0.2) is 23.9 Å². The van der Waals surface area contributed by atoms with E-state index >= 15 is 0 Å². The van der Waals surface area contributed by atoms with Crippen LogP contribution >= 0.6 is 11.6 Å². The van der Waals surface area contributed by atoms with Crippen LogP contribution in [0.25, 0.3) is 0 Å². The number of rotatable bonds is 5. The number of pyridine rings is 1. The smallest absolute Gasteiger partial charge is 0.255 e. The maximum absolute atomic E-state index is 11.9. The third-order valence-corrected chi connectivity index (χ3v) is 2.23. The summed E-state index contributed by atoms with van der Waals surface area (Å²) < 4.78 is 23.9. The normalized spacial score (nSPS) is 10.6. The van der Waals surface area contributed by atoms with Crippen LogP contribution in [0.3, 0.4) is 0 Å². The van der Waals surface area contributed by atoms with Gasteiger partial charge < -0.3 is 5.32 Å². The highest BCUT2D eigenvalue weighted by molar-refractivity contribution is 6.29. The monoisotopic (exact) mass is 262 g/mol. The molecule has 1 aromatic rings. The molecule has 0 saturated carbocycles. The van der Waals surface area contributed by atoms with E-state index in [1.807, 2.05) is 6.92 Å². The topological polar surface area (TPSA) is 42.0 Å². The molecule has 0 spiro atoms. The molecular formula is C11H13ClF2N2O. The molecule has 0 fully saturated rings. The van der Waals surface area contributed by atoms with Gasteiger partial charge in [0.1, 0.15) is 5.15 Å². The zero-order valence-corrected chi connectivity index (χ0v) is 10.1. The van der Waals surface area contributed by atoms with Crippen molar-refractivity contribution >= 4 is 17.5 Å². The van der Waals surface area contributed by atoms with Crippen LogP contribution in [0.15, 0.2) is 12.1 Å². The van der Waals surface area contributed by atoms with Crippen molar-refractivity contribution in [3.05, 3.63) is 28.5 Å². The lowest BCUT2D eigenvalue weighted by Crippen LogP contribution is -2.28. The van der Waals surface area contributed by atoms with Crippen molar-refractivity contribution in [2.75, 3.05) is 6.54 Å². The van der Waals surface area contributed by atoms with Gasteiger partial charge in [-0.15, -0.1) is 0 Å². The van der Waals surface area contributed by atoms with Crippen molar-refractivity contribution in [2.45, 2.75) is 26.2 Å². The van der Waals surface area contributed by atoms with Gasteiger partial charge in [0.2, 0.25) is 0 Å². The summed E-state index contributed by atoms with van der Waals surface area (Å²) in [6.07, 6.45) is -1.01. The largest absolute Gasteiger partial charge is 0.346 e. The Morgan fingerprint density at radius 1 is 1.53 bits per heavy atom. The van der Waals surface area contributed by atoms with Gasteiger partial charge in [-0.05, 0) is 18.6 Å². The van der Waals surface area contributed by atoms with E-state index in [1.165, 1.54) is 6.07 Å². The fourth-order valence-electron chi connectivity index (χ4n) is 1.34. The summed E-state index contributed by atoms with van der Waals surface area (Å²) in [5.74, 6) is -0.563. The second kappa shape index (κ2) is 6.49. The zero-order chi connectivity index (χ0) is 12.8. The molecule has 0 radical (unpaired) electrons. The van der Waals surface area contributed by atoms with Gasteiger partial charge in [0.15, 0.2) is 0 Å². The highest BCUT2D eigenvalue weighted by Gasteiger charge is 2.11. The molecule has 0 aliphatic rings. The van der Waals surface area contributed by atoms with Gasteiger partial charge in [-0.3, -0.25) is 4.79 Å². The minimum absolute atomic E-state index is 0.193. The second-order valence-electron chi connectivity index (χ2n) is 3.52. The predicted octanol–water partition coefficient (Wildman–Crippen LogP) is 2.68. The Bertz CT molecular complexity index is 399. The fraction of sp³-hybridized carbons (Fsp3) is 0.455. The van der Waals surface area contributed by atoms with Crippen LogP contribution in [0.1, 0.15) is 29.4 Å². The summed E-state index contributed by atoms with van der Waals surface area (Å²) in [4.78, 5) is 15.6. The van der Waals surface area contributed by atoms with Gasteiger partial charge in [-0.2, -0.15) is 0 Å². The molecule has 0 atom stereocenters. The molecule has 0 unspecified atom stereocenters. The molecule has 1 aromatic heterocycles. The lowest BCUT2D eigenvalue weighted by Gasteiger charge is -2.06.